The fraction of sp³-hybridized carbons (Fsp3) is 0.438. The molecule has 3 rings (SSSR count). The second-order valence-electron chi connectivity index (χ2n) is 5.75. The summed E-state index contributed by atoms with van der Waals surface area (Å²) in [5.74, 6) is 0. The molecule has 0 bridgehead atoms. The summed E-state index contributed by atoms with van der Waals surface area (Å²) in [5.41, 5.74) is 3.62. The molecule has 2 aromatic rings. The van der Waals surface area contributed by atoms with Crippen molar-refractivity contribution in [3.63, 3.8) is 0 Å². The summed E-state index contributed by atoms with van der Waals surface area (Å²) in [6, 6.07) is 8.63. The summed E-state index contributed by atoms with van der Waals surface area (Å²) in [6.45, 7) is 4.06. The zero-order valence-electron chi connectivity index (χ0n) is 12.3. The molecule has 0 atom stereocenters. The molecule has 1 aromatic carbocycles. The first-order chi connectivity index (χ1) is 10.1. The van der Waals surface area contributed by atoms with Crippen molar-refractivity contribution in [1.82, 2.24) is 15.1 Å². The van der Waals surface area contributed by atoms with Gasteiger partial charge in [-0.25, -0.2) is 0 Å². The van der Waals surface area contributed by atoms with Crippen molar-refractivity contribution in [2.45, 2.75) is 25.2 Å². The van der Waals surface area contributed by atoms with Gasteiger partial charge in [0.2, 0.25) is 0 Å². The fourth-order valence-corrected chi connectivity index (χ4v) is 3.62. The van der Waals surface area contributed by atoms with E-state index in [0.717, 1.165) is 46.8 Å². The van der Waals surface area contributed by atoms with Gasteiger partial charge in [0, 0.05) is 36.4 Å². The zero-order chi connectivity index (χ0) is 15.0. The minimum absolute atomic E-state index is 0.128. The van der Waals surface area contributed by atoms with Gasteiger partial charge in [0.15, 0.2) is 0 Å². The first-order valence-corrected chi connectivity index (χ1v) is 8.40. The second kappa shape index (κ2) is 5.75. The summed E-state index contributed by atoms with van der Waals surface area (Å²) in [5, 5.41) is 8.78. The molecule has 0 aliphatic carbocycles. The number of hydrogen-bond donors (Lipinski definition) is 1. The van der Waals surface area contributed by atoms with Gasteiger partial charge in [-0.15, -0.1) is 0 Å². The van der Waals surface area contributed by atoms with E-state index in [2.05, 4.69) is 57.5 Å². The first-order valence-electron chi connectivity index (χ1n) is 7.23. The van der Waals surface area contributed by atoms with Gasteiger partial charge in [0.1, 0.15) is 0 Å². The summed E-state index contributed by atoms with van der Waals surface area (Å²) in [6.07, 6.45) is 1.79. The number of nitrogens with zero attached hydrogens (tertiary/aromatic N) is 2. The SMILES string of the molecule is CCc1nn(C)c(CC2(c3ccc(Br)cc3)CNC2)c1Cl. The molecule has 1 fully saturated rings. The molecule has 5 heteroatoms. The van der Waals surface area contributed by atoms with Crippen LogP contribution in [0.3, 0.4) is 0 Å². The van der Waals surface area contributed by atoms with Crippen LogP contribution < -0.4 is 5.32 Å². The molecule has 1 aromatic heterocycles. The van der Waals surface area contributed by atoms with E-state index < -0.39 is 0 Å². The summed E-state index contributed by atoms with van der Waals surface area (Å²) in [4.78, 5) is 0. The molecule has 21 heavy (non-hydrogen) atoms. The van der Waals surface area contributed by atoms with Crippen molar-refractivity contribution in [2.24, 2.45) is 7.05 Å². The van der Waals surface area contributed by atoms with Gasteiger partial charge in [-0.1, -0.05) is 46.6 Å². The highest BCUT2D eigenvalue weighted by molar-refractivity contribution is 9.10. The molecule has 0 saturated carbocycles. The summed E-state index contributed by atoms with van der Waals surface area (Å²) >= 11 is 10.0. The third kappa shape index (κ3) is 2.65. The molecule has 0 unspecified atom stereocenters. The van der Waals surface area contributed by atoms with E-state index in [0.29, 0.717) is 0 Å². The Morgan fingerprint density at radius 1 is 1.33 bits per heavy atom. The van der Waals surface area contributed by atoms with E-state index in [-0.39, 0.29) is 5.41 Å². The van der Waals surface area contributed by atoms with E-state index in [4.69, 9.17) is 11.6 Å². The quantitative estimate of drug-likeness (QED) is 0.895. The molecule has 0 amide bonds. The lowest BCUT2D eigenvalue weighted by molar-refractivity contribution is 0.270. The lowest BCUT2D eigenvalue weighted by Crippen LogP contribution is -2.58. The van der Waals surface area contributed by atoms with Gasteiger partial charge >= 0.3 is 0 Å². The molecule has 112 valence electrons. The number of hydrogen-bond acceptors (Lipinski definition) is 2. The van der Waals surface area contributed by atoms with E-state index in [1.54, 1.807) is 0 Å². The molecule has 3 nitrogen and oxygen atoms in total. The van der Waals surface area contributed by atoms with Gasteiger partial charge in [0.25, 0.3) is 0 Å². The average molecular weight is 369 g/mol. The van der Waals surface area contributed by atoms with Gasteiger partial charge in [-0.05, 0) is 24.1 Å². The Morgan fingerprint density at radius 2 is 2.00 bits per heavy atom. The Morgan fingerprint density at radius 3 is 2.48 bits per heavy atom. The third-order valence-corrected chi connectivity index (χ3v) is 5.36. The molecule has 1 aliphatic rings. The predicted molar refractivity (Wildman–Crippen MR) is 90.0 cm³/mol. The number of aromatic nitrogens is 2. The van der Waals surface area contributed by atoms with E-state index in [9.17, 15) is 0 Å². The lowest BCUT2D eigenvalue weighted by atomic mass is 9.72. The molecule has 1 aliphatic heterocycles. The summed E-state index contributed by atoms with van der Waals surface area (Å²) < 4.78 is 3.06. The maximum absolute atomic E-state index is 6.52. The van der Waals surface area contributed by atoms with E-state index in [1.807, 2.05) is 11.7 Å². The van der Waals surface area contributed by atoms with Crippen molar-refractivity contribution < 1.29 is 0 Å². The number of rotatable bonds is 4. The van der Waals surface area contributed by atoms with Crippen LogP contribution >= 0.6 is 27.5 Å². The van der Waals surface area contributed by atoms with Gasteiger partial charge in [-0.2, -0.15) is 5.10 Å². The molecular weight excluding hydrogens is 350 g/mol. The number of nitrogens with one attached hydrogen (secondary N) is 1. The van der Waals surface area contributed by atoms with Crippen LogP contribution in [0.2, 0.25) is 5.02 Å². The topological polar surface area (TPSA) is 29.9 Å². The Balaban J connectivity index is 1.95. The van der Waals surface area contributed by atoms with Crippen LogP contribution in [-0.2, 0) is 25.3 Å². The number of halogens is 2. The standard InChI is InChI=1S/C16H19BrClN3/c1-3-13-15(18)14(21(2)20-13)8-16(9-19-10-16)11-4-6-12(17)7-5-11/h4-7,19H,3,8-10H2,1-2H3. The van der Waals surface area contributed by atoms with Crippen molar-refractivity contribution in [1.29, 1.82) is 0 Å². The molecule has 1 N–H and O–H groups in total. The maximum Gasteiger partial charge on any atom is 0.0850 e. The lowest BCUT2D eigenvalue weighted by Gasteiger charge is -2.43. The summed E-state index contributed by atoms with van der Waals surface area (Å²) in [7, 11) is 1.99. The van der Waals surface area contributed by atoms with Gasteiger partial charge in [0.05, 0.1) is 16.4 Å². The predicted octanol–water partition coefficient (Wildman–Crippen LogP) is 3.48. The van der Waals surface area contributed by atoms with Crippen molar-refractivity contribution >= 4 is 27.5 Å². The average Bonchev–Trinajstić information content (AvgIpc) is 2.70. The molecular formula is C16H19BrClN3. The fourth-order valence-electron chi connectivity index (χ4n) is 2.99. The van der Waals surface area contributed by atoms with Crippen LogP contribution in [0, 0.1) is 0 Å². The van der Waals surface area contributed by atoms with Crippen LogP contribution in [-0.4, -0.2) is 22.9 Å². The van der Waals surface area contributed by atoms with Crippen LogP contribution in [0.1, 0.15) is 23.9 Å². The van der Waals surface area contributed by atoms with Crippen molar-refractivity contribution in [2.75, 3.05) is 13.1 Å². The van der Waals surface area contributed by atoms with Crippen LogP contribution in [0.4, 0.5) is 0 Å². The monoisotopic (exact) mass is 367 g/mol. The molecule has 2 heterocycles. The highest BCUT2D eigenvalue weighted by atomic mass is 79.9. The normalized spacial score (nSPS) is 16.8. The Kier molecular flexibility index (Phi) is 4.12. The maximum atomic E-state index is 6.52. The van der Waals surface area contributed by atoms with Crippen LogP contribution in [0.15, 0.2) is 28.7 Å². The number of aryl methyl sites for hydroxylation is 2. The van der Waals surface area contributed by atoms with E-state index in [1.165, 1.54) is 5.56 Å². The highest BCUT2D eigenvalue weighted by Crippen LogP contribution is 2.35. The van der Waals surface area contributed by atoms with Crippen LogP contribution in [0.5, 0.6) is 0 Å². The Bertz CT molecular complexity index is 644. The molecule has 0 radical (unpaired) electrons. The largest absolute Gasteiger partial charge is 0.315 e. The third-order valence-electron chi connectivity index (χ3n) is 4.39. The van der Waals surface area contributed by atoms with Crippen molar-refractivity contribution in [3.05, 3.63) is 50.7 Å². The zero-order valence-corrected chi connectivity index (χ0v) is 14.6. The number of benzene rings is 1. The van der Waals surface area contributed by atoms with Crippen LogP contribution in [0.25, 0.3) is 0 Å². The Hall–Kier alpha value is -0.840. The minimum atomic E-state index is 0.128. The first kappa shape index (κ1) is 15.1. The minimum Gasteiger partial charge on any atom is -0.315 e. The van der Waals surface area contributed by atoms with Crippen molar-refractivity contribution in [3.8, 4) is 0 Å². The van der Waals surface area contributed by atoms with E-state index >= 15 is 0 Å². The smallest absolute Gasteiger partial charge is 0.0850 e. The molecule has 0 spiro atoms. The van der Waals surface area contributed by atoms with Gasteiger partial charge in [-0.3, -0.25) is 4.68 Å². The Labute approximate surface area is 138 Å². The highest BCUT2D eigenvalue weighted by Gasteiger charge is 2.40. The second-order valence-corrected chi connectivity index (χ2v) is 7.05. The molecule has 1 saturated heterocycles. The van der Waals surface area contributed by atoms with Gasteiger partial charge < -0.3 is 5.32 Å².